The van der Waals surface area contributed by atoms with Crippen molar-refractivity contribution in [2.75, 3.05) is 33.4 Å². The summed E-state index contributed by atoms with van der Waals surface area (Å²) in [6, 6.07) is 6.85. The van der Waals surface area contributed by atoms with Gasteiger partial charge < -0.3 is 15.4 Å². The third kappa shape index (κ3) is 9.38. The maximum atomic E-state index is 12.2. The molecule has 25 heavy (non-hydrogen) atoms. The zero-order valence-electron chi connectivity index (χ0n) is 15.2. The maximum Gasteiger partial charge on any atom is 0.240 e. The molecule has 1 aromatic carbocycles. The van der Waals surface area contributed by atoms with Crippen molar-refractivity contribution in [3.8, 4) is 0 Å². The molecule has 1 aromatic rings. The van der Waals surface area contributed by atoms with Gasteiger partial charge in [0.1, 0.15) is 0 Å². The highest BCUT2D eigenvalue weighted by atomic mass is 127. The van der Waals surface area contributed by atoms with Gasteiger partial charge in [-0.05, 0) is 32.9 Å². The minimum atomic E-state index is -3.50. The van der Waals surface area contributed by atoms with Crippen LogP contribution in [0.5, 0.6) is 0 Å². The third-order valence-corrected chi connectivity index (χ3v) is 4.63. The van der Waals surface area contributed by atoms with Crippen molar-refractivity contribution in [2.45, 2.75) is 31.7 Å². The highest BCUT2D eigenvalue weighted by molar-refractivity contribution is 14.0. The fourth-order valence-electron chi connectivity index (χ4n) is 1.99. The van der Waals surface area contributed by atoms with E-state index >= 15 is 0 Å². The number of nitrogens with one attached hydrogen (secondary N) is 3. The lowest BCUT2D eigenvalue weighted by molar-refractivity contribution is 0.179. The zero-order valence-corrected chi connectivity index (χ0v) is 18.4. The standard InChI is InChI=1S/C16H28N4O3S.HI/c1-5-17-16(20-14(3)12-23-4)18-10-11-19-24(21,22)15-8-6-13(2)7-9-15;/h6-9,14,19H,5,10-12H2,1-4H3,(H2,17,18,20);1H. The molecule has 0 aromatic heterocycles. The Balaban J connectivity index is 0.00000576. The van der Waals surface area contributed by atoms with Crippen molar-refractivity contribution in [1.82, 2.24) is 15.4 Å². The lowest BCUT2D eigenvalue weighted by atomic mass is 10.2. The molecule has 1 atom stereocenters. The molecule has 1 rings (SSSR count). The minimum Gasteiger partial charge on any atom is -0.383 e. The Bertz CT molecular complexity index is 621. The predicted octanol–water partition coefficient (Wildman–Crippen LogP) is 1.48. The van der Waals surface area contributed by atoms with Crippen molar-refractivity contribution < 1.29 is 13.2 Å². The number of methoxy groups -OCH3 is 1. The van der Waals surface area contributed by atoms with Gasteiger partial charge in [-0.25, -0.2) is 13.1 Å². The molecule has 9 heteroatoms. The van der Waals surface area contributed by atoms with E-state index in [1.165, 1.54) is 0 Å². The topological polar surface area (TPSA) is 91.8 Å². The van der Waals surface area contributed by atoms with Gasteiger partial charge in [0.25, 0.3) is 0 Å². The summed E-state index contributed by atoms with van der Waals surface area (Å²) in [5.74, 6) is 0.636. The fourth-order valence-corrected chi connectivity index (χ4v) is 3.01. The van der Waals surface area contributed by atoms with Gasteiger partial charge in [-0.2, -0.15) is 0 Å². The SMILES string of the molecule is CCNC(=NCCNS(=O)(=O)c1ccc(C)cc1)NC(C)COC.I. The molecule has 0 spiro atoms. The summed E-state index contributed by atoms with van der Waals surface area (Å²) < 4.78 is 32.0. The van der Waals surface area contributed by atoms with E-state index in [2.05, 4.69) is 20.3 Å². The lowest BCUT2D eigenvalue weighted by Crippen LogP contribution is -2.44. The van der Waals surface area contributed by atoms with Crippen LogP contribution in [-0.2, 0) is 14.8 Å². The third-order valence-electron chi connectivity index (χ3n) is 3.15. The van der Waals surface area contributed by atoms with E-state index in [1.807, 2.05) is 20.8 Å². The average Bonchev–Trinajstić information content (AvgIpc) is 2.52. The number of benzene rings is 1. The summed E-state index contributed by atoms with van der Waals surface area (Å²) in [4.78, 5) is 4.62. The Kier molecular flexibility index (Phi) is 12.0. The predicted molar refractivity (Wildman–Crippen MR) is 112 cm³/mol. The molecule has 0 heterocycles. The van der Waals surface area contributed by atoms with Gasteiger partial charge in [-0.3, -0.25) is 4.99 Å². The molecule has 0 aliphatic carbocycles. The Morgan fingerprint density at radius 3 is 2.48 bits per heavy atom. The van der Waals surface area contributed by atoms with Gasteiger partial charge in [0.2, 0.25) is 10.0 Å². The summed E-state index contributed by atoms with van der Waals surface area (Å²) in [5.41, 5.74) is 1.02. The second-order valence-electron chi connectivity index (χ2n) is 5.47. The first-order valence-electron chi connectivity index (χ1n) is 7.99. The number of aliphatic imine (C=N–C) groups is 1. The number of rotatable bonds is 9. The number of aryl methyl sites for hydroxylation is 1. The van der Waals surface area contributed by atoms with Crippen LogP contribution in [0.2, 0.25) is 0 Å². The second-order valence-corrected chi connectivity index (χ2v) is 7.24. The Morgan fingerprint density at radius 2 is 1.92 bits per heavy atom. The maximum absolute atomic E-state index is 12.2. The van der Waals surface area contributed by atoms with Crippen molar-refractivity contribution in [3.63, 3.8) is 0 Å². The summed E-state index contributed by atoms with van der Waals surface area (Å²) >= 11 is 0. The van der Waals surface area contributed by atoms with E-state index in [9.17, 15) is 8.42 Å². The summed E-state index contributed by atoms with van der Waals surface area (Å²) in [7, 11) is -1.86. The van der Waals surface area contributed by atoms with Crippen LogP contribution in [0.25, 0.3) is 0 Å². The van der Waals surface area contributed by atoms with E-state index in [0.717, 1.165) is 12.1 Å². The second kappa shape index (κ2) is 12.4. The number of hydrogen-bond acceptors (Lipinski definition) is 4. The molecular formula is C16H29IN4O3S. The lowest BCUT2D eigenvalue weighted by Gasteiger charge is -2.17. The first kappa shape index (κ1) is 24.1. The molecule has 0 amide bonds. The van der Waals surface area contributed by atoms with Gasteiger partial charge in [-0.1, -0.05) is 17.7 Å². The fraction of sp³-hybridized carbons (Fsp3) is 0.562. The van der Waals surface area contributed by atoms with Gasteiger partial charge >= 0.3 is 0 Å². The van der Waals surface area contributed by atoms with E-state index in [0.29, 0.717) is 19.1 Å². The van der Waals surface area contributed by atoms with Crippen LogP contribution in [0, 0.1) is 6.92 Å². The smallest absolute Gasteiger partial charge is 0.240 e. The number of halogens is 1. The molecule has 0 radical (unpaired) electrons. The van der Waals surface area contributed by atoms with Gasteiger partial charge in [0, 0.05) is 26.2 Å². The van der Waals surface area contributed by atoms with Crippen LogP contribution in [-0.4, -0.2) is 53.8 Å². The Hall–Kier alpha value is -0.910. The normalized spacial score (nSPS) is 13.0. The summed E-state index contributed by atoms with van der Waals surface area (Å²) in [6.45, 7) is 7.71. The van der Waals surface area contributed by atoms with E-state index < -0.39 is 10.0 Å². The first-order chi connectivity index (χ1) is 11.4. The Labute approximate surface area is 168 Å². The molecule has 3 N–H and O–H groups in total. The molecule has 0 aliphatic rings. The average molecular weight is 484 g/mol. The van der Waals surface area contributed by atoms with Gasteiger partial charge in [0.05, 0.1) is 18.0 Å². The van der Waals surface area contributed by atoms with Crippen LogP contribution < -0.4 is 15.4 Å². The quantitative estimate of drug-likeness (QED) is 0.214. The van der Waals surface area contributed by atoms with E-state index in [1.54, 1.807) is 31.4 Å². The molecule has 0 fully saturated rings. The highest BCUT2D eigenvalue weighted by Gasteiger charge is 2.12. The van der Waals surface area contributed by atoms with Gasteiger partial charge in [0.15, 0.2) is 5.96 Å². The van der Waals surface area contributed by atoms with Crippen LogP contribution >= 0.6 is 24.0 Å². The van der Waals surface area contributed by atoms with Crippen molar-refractivity contribution >= 4 is 40.0 Å². The minimum absolute atomic E-state index is 0. The molecular weight excluding hydrogens is 455 g/mol. The highest BCUT2D eigenvalue weighted by Crippen LogP contribution is 2.09. The summed E-state index contributed by atoms with van der Waals surface area (Å²) in [6.07, 6.45) is 0. The van der Waals surface area contributed by atoms with Crippen molar-refractivity contribution in [2.24, 2.45) is 4.99 Å². The largest absolute Gasteiger partial charge is 0.383 e. The number of nitrogens with zero attached hydrogens (tertiary/aromatic N) is 1. The van der Waals surface area contributed by atoms with Crippen LogP contribution in [0.1, 0.15) is 19.4 Å². The molecule has 1 unspecified atom stereocenters. The van der Waals surface area contributed by atoms with Crippen LogP contribution in [0.15, 0.2) is 34.2 Å². The number of hydrogen-bond donors (Lipinski definition) is 3. The molecule has 7 nitrogen and oxygen atoms in total. The molecule has 144 valence electrons. The molecule has 0 saturated carbocycles. The van der Waals surface area contributed by atoms with Crippen LogP contribution in [0.4, 0.5) is 0 Å². The monoisotopic (exact) mass is 484 g/mol. The van der Waals surface area contributed by atoms with Crippen LogP contribution in [0.3, 0.4) is 0 Å². The molecule has 0 aliphatic heterocycles. The number of ether oxygens (including phenoxy) is 1. The van der Waals surface area contributed by atoms with E-state index in [4.69, 9.17) is 4.74 Å². The number of guanidine groups is 1. The molecule has 0 saturated heterocycles. The van der Waals surface area contributed by atoms with Crippen molar-refractivity contribution in [1.29, 1.82) is 0 Å². The molecule has 0 bridgehead atoms. The van der Waals surface area contributed by atoms with Gasteiger partial charge in [-0.15, -0.1) is 24.0 Å². The van der Waals surface area contributed by atoms with E-state index in [-0.39, 0.29) is 41.5 Å². The zero-order chi connectivity index (χ0) is 18.0. The first-order valence-corrected chi connectivity index (χ1v) is 9.47. The Morgan fingerprint density at radius 1 is 1.28 bits per heavy atom. The van der Waals surface area contributed by atoms with Crippen molar-refractivity contribution in [3.05, 3.63) is 29.8 Å². The summed E-state index contributed by atoms with van der Waals surface area (Å²) in [5, 5.41) is 6.30. The number of sulfonamides is 1.